The minimum Gasteiger partial charge on any atom is -0.302 e. The Morgan fingerprint density at radius 1 is 1.67 bits per heavy atom. The molecule has 1 saturated heterocycles. The molecule has 9 heavy (non-hydrogen) atoms. The van der Waals surface area contributed by atoms with Crippen LogP contribution in [0.3, 0.4) is 0 Å². The van der Waals surface area contributed by atoms with Crippen LogP contribution in [0.25, 0.3) is 0 Å². The number of alkyl halides is 1. The third-order valence-electron chi connectivity index (χ3n) is 2.32. The van der Waals surface area contributed by atoms with Crippen LogP contribution in [0.4, 0.5) is 0 Å². The molecular formula is C7H14ClN. The van der Waals surface area contributed by atoms with Gasteiger partial charge in [-0.2, -0.15) is 0 Å². The van der Waals surface area contributed by atoms with Crippen LogP contribution in [0.1, 0.15) is 13.3 Å². The van der Waals surface area contributed by atoms with E-state index in [9.17, 15) is 0 Å². The van der Waals surface area contributed by atoms with Gasteiger partial charge in [0.1, 0.15) is 0 Å². The lowest BCUT2D eigenvalue weighted by atomic mass is 10.1. The molecule has 2 heteroatoms. The molecule has 1 rings (SSSR count). The van der Waals surface area contributed by atoms with Gasteiger partial charge in [-0.05, 0) is 25.9 Å². The van der Waals surface area contributed by atoms with Crippen LogP contribution in [0.15, 0.2) is 0 Å². The highest BCUT2D eigenvalue weighted by atomic mass is 35.5. The SMILES string of the molecule is CC1CCN(C)C1CCl. The fraction of sp³-hybridized carbons (Fsp3) is 1.00. The second-order valence-corrected chi connectivity index (χ2v) is 3.28. The maximum Gasteiger partial charge on any atom is 0.0382 e. The molecule has 0 aromatic heterocycles. The van der Waals surface area contributed by atoms with Gasteiger partial charge in [-0.3, -0.25) is 0 Å². The molecule has 0 amide bonds. The van der Waals surface area contributed by atoms with Gasteiger partial charge in [-0.1, -0.05) is 6.92 Å². The van der Waals surface area contributed by atoms with E-state index < -0.39 is 0 Å². The molecule has 0 aliphatic carbocycles. The van der Waals surface area contributed by atoms with Crippen molar-refractivity contribution in [3.8, 4) is 0 Å². The van der Waals surface area contributed by atoms with Crippen molar-refractivity contribution < 1.29 is 0 Å². The summed E-state index contributed by atoms with van der Waals surface area (Å²) in [4.78, 5) is 2.34. The van der Waals surface area contributed by atoms with Crippen LogP contribution >= 0.6 is 11.6 Å². The molecule has 0 aromatic rings. The van der Waals surface area contributed by atoms with Crippen molar-refractivity contribution in [3.05, 3.63) is 0 Å². The largest absolute Gasteiger partial charge is 0.302 e. The van der Waals surface area contributed by atoms with Crippen molar-refractivity contribution in [1.82, 2.24) is 4.90 Å². The Morgan fingerprint density at radius 2 is 2.33 bits per heavy atom. The molecule has 0 aromatic carbocycles. The molecule has 0 bridgehead atoms. The van der Waals surface area contributed by atoms with E-state index in [1.165, 1.54) is 13.0 Å². The highest BCUT2D eigenvalue weighted by Gasteiger charge is 2.26. The number of halogens is 1. The second kappa shape index (κ2) is 2.89. The molecule has 1 aliphatic heterocycles. The molecule has 1 heterocycles. The average Bonchev–Trinajstić information content (AvgIpc) is 2.12. The van der Waals surface area contributed by atoms with E-state index >= 15 is 0 Å². The standard InChI is InChI=1S/C7H14ClN/c1-6-3-4-9(2)7(6)5-8/h6-7H,3-5H2,1-2H3. The summed E-state index contributed by atoms with van der Waals surface area (Å²) < 4.78 is 0. The average molecular weight is 148 g/mol. The third-order valence-corrected chi connectivity index (χ3v) is 2.63. The monoisotopic (exact) mass is 147 g/mol. The zero-order chi connectivity index (χ0) is 6.85. The quantitative estimate of drug-likeness (QED) is 0.509. The predicted molar refractivity (Wildman–Crippen MR) is 40.9 cm³/mol. The summed E-state index contributed by atoms with van der Waals surface area (Å²) in [5.41, 5.74) is 0. The van der Waals surface area contributed by atoms with Gasteiger partial charge in [0, 0.05) is 11.9 Å². The lowest BCUT2D eigenvalue weighted by Crippen LogP contribution is -2.29. The molecule has 0 saturated carbocycles. The number of hydrogen-bond acceptors (Lipinski definition) is 1. The van der Waals surface area contributed by atoms with E-state index in [1.807, 2.05) is 0 Å². The summed E-state index contributed by atoms with van der Waals surface area (Å²) >= 11 is 5.76. The van der Waals surface area contributed by atoms with Crippen molar-refractivity contribution in [3.63, 3.8) is 0 Å². The van der Waals surface area contributed by atoms with Gasteiger partial charge < -0.3 is 4.90 Å². The van der Waals surface area contributed by atoms with Crippen LogP contribution < -0.4 is 0 Å². The van der Waals surface area contributed by atoms with E-state index in [0.29, 0.717) is 6.04 Å². The van der Waals surface area contributed by atoms with Crippen LogP contribution in [0, 0.1) is 5.92 Å². The molecule has 1 nitrogen and oxygen atoms in total. The first-order valence-corrected chi connectivity index (χ1v) is 4.05. The first kappa shape index (κ1) is 7.36. The Hall–Kier alpha value is 0.250. The van der Waals surface area contributed by atoms with Gasteiger partial charge >= 0.3 is 0 Å². The summed E-state index contributed by atoms with van der Waals surface area (Å²) in [7, 11) is 2.15. The lowest BCUT2D eigenvalue weighted by Gasteiger charge is -2.19. The van der Waals surface area contributed by atoms with Crippen molar-refractivity contribution in [1.29, 1.82) is 0 Å². The summed E-state index contributed by atoms with van der Waals surface area (Å²) in [5, 5.41) is 0. The summed E-state index contributed by atoms with van der Waals surface area (Å²) in [5.74, 6) is 1.59. The van der Waals surface area contributed by atoms with Gasteiger partial charge in [0.25, 0.3) is 0 Å². The van der Waals surface area contributed by atoms with Crippen LogP contribution in [0.5, 0.6) is 0 Å². The van der Waals surface area contributed by atoms with Gasteiger partial charge in [0.2, 0.25) is 0 Å². The summed E-state index contributed by atoms with van der Waals surface area (Å²) in [6.07, 6.45) is 1.31. The molecule has 54 valence electrons. The first-order valence-electron chi connectivity index (χ1n) is 3.52. The smallest absolute Gasteiger partial charge is 0.0382 e. The molecular weight excluding hydrogens is 134 g/mol. The third kappa shape index (κ3) is 1.39. The summed E-state index contributed by atoms with van der Waals surface area (Å²) in [6, 6.07) is 0.631. The van der Waals surface area contributed by atoms with E-state index in [2.05, 4.69) is 18.9 Å². The fourth-order valence-electron chi connectivity index (χ4n) is 1.47. The minimum absolute atomic E-state index is 0.631. The molecule has 0 N–H and O–H groups in total. The topological polar surface area (TPSA) is 3.24 Å². The normalized spacial score (nSPS) is 37.7. The van der Waals surface area contributed by atoms with Gasteiger partial charge in [0.05, 0.1) is 0 Å². The maximum absolute atomic E-state index is 5.76. The molecule has 1 aliphatic rings. The van der Waals surface area contributed by atoms with E-state index in [-0.39, 0.29) is 0 Å². The van der Waals surface area contributed by atoms with Crippen LogP contribution in [-0.4, -0.2) is 30.4 Å². The first-order chi connectivity index (χ1) is 4.25. The maximum atomic E-state index is 5.76. The number of hydrogen-bond donors (Lipinski definition) is 0. The highest BCUT2D eigenvalue weighted by Crippen LogP contribution is 2.22. The number of likely N-dealkylation sites (tertiary alicyclic amines) is 1. The number of rotatable bonds is 1. The van der Waals surface area contributed by atoms with Crippen molar-refractivity contribution in [2.24, 2.45) is 5.92 Å². The summed E-state index contributed by atoms with van der Waals surface area (Å²) in [6.45, 7) is 3.50. The van der Waals surface area contributed by atoms with Gasteiger partial charge in [-0.15, -0.1) is 11.6 Å². The second-order valence-electron chi connectivity index (χ2n) is 2.97. The van der Waals surface area contributed by atoms with Crippen molar-refractivity contribution >= 4 is 11.6 Å². The molecule has 0 radical (unpaired) electrons. The lowest BCUT2D eigenvalue weighted by molar-refractivity contribution is 0.304. The van der Waals surface area contributed by atoms with Crippen LogP contribution in [0.2, 0.25) is 0 Å². The Labute approximate surface area is 62.0 Å². The van der Waals surface area contributed by atoms with Gasteiger partial charge in [-0.25, -0.2) is 0 Å². The van der Waals surface area contributed by atoms with Gasteiger partial charge in [0.15, 0.2) is 0 Å². The van der Waals surface area contributed by atoms with Crippen molar-refractivity contribution in [2.45, 2.75) is 19.4 Å². The fourth-order valence-corrected chi connectivity index (χ4v) is 2.01. The highest BCUT2D eigenvalue weighted by molar-refractivity contribution is 6.18. The van der Waals surface area contributed by atoms with Crippen molar-refractivity contribution in [2.75, 3.05) is 19.5 Å². The molecule has 1 fully saturated rings. The Bertz CT molecular complexity index is 84.9. The molecule has 2 atom stereocenters. The zero-order valence-corrected chi connectivity index (χ0v) is 6.86. The molecule has 2 unspecified atom stereocenters. The minimum atomic E-state index is 0.631. The Balaban J connectivity index is 2.44. The molecule has 0 spiro atoms. The predicted octanol–water partition coefficient (Wildman–Crippen LogP) is 1.57. The zero-order valence-electron chi connectivity index (χ0n) is 6.10. The Kier molecular flexibility index (Phi) is 2.36. The van der Waals surface area contributed by atoms with E-state index in [1.54, 1.807) is 0 Å². The Morgan fingerprint density at radius 3 is 2.56 bits per heavy atom. The number of nitrogens with zero attached hydrogens (tertiary/aromatic N) is 1. The van der Waals surface area contributed by atoms with Crippen LogP contribution in [-0.2, 0) is 0 Å². The van der Waals surface area contributed by atoms with E-state index in [0.717, 1.165) is 11.8 Å². The van der Waals surface area contributed by atoms with E-state index in [4.69, 9.17) is 11.6 Å².